The number of carboxylic acid groups (broad SMARTS) is 1. The summed E-state index contributed by atoms with van der Waals surface area (Å²) in [6, 6.07) is -1.05. The van der Waals surface area contributed by atoms with Gasteiger partial charge in [0, 0.05) is 33.0 Å². The monoisotopic (exact) mass is 297 g/mol. The van der Waals surface area contributed by atoms with Crippen LogP contribution in [0.4, 0.5) is 4.79 Å². The van der Waals surface area contributed by atoms with Crippen molar-refractivity contribution in [2.24, 2.45) is 5.92 Å². The first kappa shape index (κ1) is 15.3. The van der Waals surface area contributed by atoms with Gasteiger partial charge in [-0.05, 0) is 18.8 Å². The van der Waals surface area contributed by atoms with E-state index in [4.69, 9.17) is 5.11 Å². The average Bonchev–Trinajstić information content (AvgIpc) is 2.87. The van der Waals surface area contributed by atoms with Crippen LogP contribution < -0.4 is 5.32 Å². The SMILES string of the molecule is CN1C(=O)CCC(NC(=O)N2CCC(CC(=O)O)C2)C1=O. The molecule has 0 spiro atoms. The molecule has 21 heavy (non-hydrogen) atoms. The van der Waals surface area contributed by atoms with Crippen LogP contribution in [0.2, 0.25) is 0 Å². The standard InChI is InChI=1S/C13H19N3O5/c1-15-10(17)3-2-9(12(15)20)14-13(21)16-5-4-8(7-16)6-11(18)19/h8-9H,2-7H2,1H3,(H,14,21)(H,18,19). The molecule has 2 N–H and O–H groups in total. The Morgan fingerprint density at radius 2 is 2.05 bits per heavy atom. The molecular weight excluding hydrogens is 278 g/mol. The van der Waals surface area contributed by atoms with Gasteiger partial charge in [0.25, 0.3) is 5.91 Å². The van der Waals surface area contributed by atoms with Crippen LogP contribution in [-0.2, 0) is 14.4 Å². The number of carbonyl (C=O) groups is 4. The molecule has 0 aromatic rings. The number of imide groups is 1. The average molecular weight is 297 g/mol. The first-order valence-corrected chi connectivity index (χ1v) is 6.96. The number of piperidine rings is 1. The maximum absolute atomic E-state index is 12.1. The highest BCUT2D eigenvalue weighted by Crippen LogP contribution is 2.20. The van der Waals surface area contributed by atoms with E-state index >= 15 is 0 Å². The van der Waals surface area contributed by atoms with E-state index in [1.165, 1.54) is 11.9 Å². The van der Waals surface area contributed by atoms with Gasteiger partial charge in [0.15, 0.2) is 0 Å². The summed E-state index contributed by atoms with van der Waals surface area (Å²) < 4.78 is 0. The van der Waals surface area contributed by atoms with Crippen molar-refractivity contribution < 1.29 is 24.3 Å². The van der Waals surface area contributed by atoms with Gasteiger partial charge in [-0.25, -0.2) is 4.79 Å². The van der Waals surface area contributed by atoms with Crippen LogP contribution in [-0.4, -0.2) is 64.9 Å². The molecule has 2 heterocycles. The Labute approximate surface area is 122 Å². The first-order valence-electron chi connectivity index (χ1n) is 6.96. The molecule has 2 unspecified atom stereocenters. The highest BCUT2D eigenvalue weighted by Gasteiger charge is 2.35. The first-order chi connectivity index (χ1) is 9.88. The minimum absolute atomic E-state index is 0.0421. The second kappa shape index (κ2) is 6.11. The molecule has 2 rings (SSSR count). The Bertz CT molecular complexity index is 478. The molecule has 0 aliphatic carbocycles. The van der Waals surface area contributed by atoms with Crippen LogP contribution in [0, 0.1) is 5.92 Å². The number of carbonyl (C=O) groups excluding carboxylic acids is 3. The van der Waals surface area contributed by atoms with Crippen molar-refractivity contribution in [3.05, 3.63) is 0 Å². The van der Waals surface area contributed by atoms with Gasteiger partial charge < -0.3 is 15.3 Å². The van der Waals surface area contributed by atoms with Crippen LogP contribution in [0.1, 0.15) is 25.7 Å². The van der Waals surface area contributed by atoms with Gasteiger partial charge in [0.1, 0.15) is 6.04 Å². The van der Waals surface area contributed by atoms with E-state index < -0.39 is 17.9 Å². The van der Waals surface area contributed by atoms with Gasteiger partial charge in [0.05, 0.1) is 0 Å². The van der Waals surface area contributed by atoms with E-state index in [9.17, 15) is 19.2 Å². The zero-order chi connectivity index (χ0) is 15.6. The predicted molar refractivity (Wildman–Crippen MR) is 71.3 cm³/mol. The lowest BCUT2D eigenvalue weighted by molar-refractivity contribution is -0.148. The summed E-state index contributed by atoms with van der Waals surface area (Å²) in [6.45, 7) is 0.868. The second-order valence-corrected chi connectivity index (χ2v) is 5.53. The Morgan fingerprint density at radius 3 is 2.71 bits per heavy atom. The van der Waals surface area contributed by atoms with E-state index in [0.29, 0.717) is 25.9 Å². The van der Waals surface area contributed by atoms with Crippen molar-refractivity contribution in [2.45, 2.75) is 31.7 Å². The minimum Gasteiger partial charge on any atom is -0.481 e. The van der Waals surface area contributed by atoms with Crippen LogP contribution in [0.3, 0.4) is 0 Å². The van der Waals surface area contributed by atoms with Crippen molar-refractivity contribution >= 4 is 23.8 Å². The Hall–Kier alpha value is -2.12. The molecule has 2 aliphatic heterocycles. The summed E-state index contributed by atoms with van der Waals surface area (Å²) in [6.07, 6.45) is 1.23. The number of nitrogens with zero attached hydrogens (tertiary/aromatic N) is 2. The summed E-state index contributed by atoms with van der Waals surface area (Å²) >= 11 is 0. The van der Waals surface area contributed by atoms with E-state index in [0.717, 1.165) is 4.90 Å². The quantitative estimate of drug-likeness (QED) is 0.692. The number of hydrogen-bond acceptors (Lipinski definition) is 4. The number of likely N-dealkylation sites (tertiary alicyclic amines) is 2. The fourth-order valence-corrected chi connectivity index (χ4v) is 2.72. The van der Waals surface area contributed by atoms with E-state index in [-0.39, 0.29) is 30.7 Å². The second-order valence-electron chi connectivity index (χ2n) is 5.53. The smallest absolute Gasteiger partial charge is 0.318 e. The summed E-state index contributed by atoms with van der Waals surface area (Å²) in [5.41, 5.74) is 0. The molecule has 4 amide bonds. The Morgan fingerprint density at radius 1 is 1.33 bits per heavy atom. The maximum atomic E-state index is 12.1. The van der Waals surface area contributed by atoms with Crippen molar-refractivity contribution in [1.82, 2.24) is 15.1 Å². The molecule has 0 radical (unpaired) electrons. The molecule has 0 bridgehead atoms. The predicted octanol–water partition coefficient (Wildman–Crippen LogP) is -0.360. The van der Waals surface area contributed by atoms with E-state index in [1.807, 2.05) is 0 Å². The third-order valence-corrected chi connectivity index (χ3v) is 3.98. The van der Waals surface area contributed by atoms with E-state index in [2.05, 4.69) is 5.32 Å². The molecule has 2 aliphatic rings. The molecule has 2 saturated heterocycles. The number of nitrogens with one attached hydrogen (secondary N) is 1. The lowest BCUT2D eigenvalue weighted by Gasteiger charge is -2.29. The highest BCUT2D eigenvalue weighted by molar-refractivity contribution is 6.01. The fraction of sp³-hybridized carbons (Fsp3) is 0.692. The van der Waals surface area contributed by atoms with Gasteiger partial charge in [-0.3, -0.25) is 19.3 Å². The van der Waals surface area contributed by atoms with Crippen LogP contribution in [0.15, 0.2) is 0 Å². The third-order valence-electron chi connectivity index (χ3n) is 3.98. The summed E-state index contributed by atoms with van der Waals surface area (Å²) in [5, 5.41) is 11.4. The largest absolute Gasteiger partial charge is 0.481 e. The number of likely N-dealkylation sites (N-methyl/N-ethyl adjacent to an activating group) is 1. The third kappa shape index (κ3) is 3.50. The van der Waals surface area contributed by atoms with Crippen LogP contribution in [0.5, 0.6) is 0 Å². The minimum atomic E-state index is -0.871. The highest BCUT2D eigenvalue weighted by atomic mass is 16.4. The number of carboxylic acids is 1. The van der Waals surface area contributed by atoms with Crippen molar-refractivity contribution in [3.63, 3.8) is 0 Å². The lowest BCUT2D eigenvalue weighted by atomic mass is 10.0. The fourth-order valence-electron chi connectivity index (χ4n) is 2.72. The molecular formula is C13H19N3O5. The molecule has 116 valence electrons. The van der Waals surface area contributed by atoms with Gasteiger partial charge in [-0.15, -0.1) is 0 Å². The number of aliphatic carboxylic acids is 1. The Kier molecular flexibility index (Phi) is 4.44. The molecule has 0 aromatic carbocycles. The van der Waals surface area contributed by atoms with Gasteiger partial charge in [-0.2, -0.15) is 0 Å². The normalized spacial score (nSPS) is 26.1. The van der Waals surface area contributed by atoms with Gasteiger partial charge >= 0.3 is 12.0 Å². The number of rotatable bonds is 3. The van der Waals surface area contributed by atoms with Crippen molar-refractivity contribution in [2.75, 3.05) is 20.1 Å². The van der Waals surface area contributed by atoms with Crippen LogP contribution >= 0.6 is 0 Å². The molecule has 0 aromatic heterocycles. The summed E-state index contributed by atoms with van der Waals surface area (Å²) in [5.74, 6) is -1.56. The lowest BCUT2D eigenvalue weighted by Crippen LogP contribution is -2.55. The van der Waals surface area contributed by atoms with Gasteiger partial charge in [0.2, 0.25) is 5.91 Å². The van der Waals surface area contributed by atoms with Crippen molar-refractivity contribution in [1.29, 1.82) is 0 Å². The summed E-state index contributed by atoms with van der Waals surface area (Å²) in [7, 11) is 1.40. The zero-order valence-electron chi connectivity index (χ0n) is 11.9. The van der Waals surface area contributed by atoms with Crippen molar-refractivity contribution in [3.8, 4) is 0 Å². The number of urea groups is 1. The Balaban J connectivity index is 1.86. The number of hydrogen-bond donors (Lipinski definition) is 2. The number of amides is 4. The summed E-state index contributed by atoms with van der Waals surface area (Å²) in [4.78, 5) is 48.6. The zero-order valence-corrected chi connectivity index (χ0v) is 11.9. The topological polar surface area (TPSA) is 107 Å². The maximum Gasteiger partial charge on any atom is 0.318 e. The van der Waals surface area contributed by atoms with Crippen LogP contribution in [0.25, 0.3) is 0 Å². The molecule has 2 atom stereocenters. The van der Waals surface area contributed by atoms with Gasteiger partial charge in [-0.1, -0.05) is 0 Å². The molecule has 2 fully saturated rings. The molecule has 0 saturated carbocycles. The molecule has 8 heteroatoms. The molecule has 8 nitrogen and oxygen atoms in total. The van der Waals surface area contributed by atoms with E-state index in [1.54, 1.807) is 0 Å².